The Morgan fingerprint density at radius 3 is 2.52 bits per heavy atom. The Bertz CT molecular complexity index is 742. The van der Waals surface area contributed by atoms with Gasteiger partial charge in [-0.25, -0.2) is 4.39 Å². The van der Waals surface area contributed by atoms with Crippen molar-refractivity contribution in [3.8, 4) is 0 Å². The number of para-hydroxylation sites is 1. The lowest BCUT2D eigenvalue weighted by atomic mass is 10.1. The summed E-state index contributed by atoms with van der Waals surface area (Å²) in [6.07, 6.45) is 1.98. The van der Waals surface area contributed by atoms with Crippen LogP contribution in [0.4, 0.5) is 10.1 Å². The summed E-state index contributed by atoms with van der Waals surface area (Å²) in [5.41, 5.74) is 2.52. The van der Waals surface area contributed by atoms with E-state index in [2.05, 4.69) is 39.4 Å². The molecule has 0 unspecified atom stereocenters. The van der Waals surface area contributed by atoms with Crippen molar-refractivity contribution in [2.45, 2.75) is 19.8 Å². The molecule has 2 aromatic rings. The van der Waals surface area contributed by atoms with E-state index in [-0.39, 0.29) is 11.7 Å². The number of hydrogen-bond donors (Lipinski definition) is 1. The Balaban J connectivity index is 1.32. The minimum Gasteiger partial charge on any atom is -0.369 e. The van der Waals surface area contributed by atoms with Crippen molar-refractivity contribution in [1.29, 1.82) is 0 Å². The largest absolute Gasteiger partial charge is 0.369 e. The number of nitrogens with one attached hydrogen (secondary N) is 1. The van der Waals surface area contributed by atoms with Crippen LogP contribution in [0.3, 0.4) is 0 Å². The molecule has 1 heterocycles. The maximum absolute atomic E-state index is 13.3. The molecule has 4 nitrogen and oxygen atoms in total. The third-order valence-corrected chi connectivity index (χ3v) is 5.12. The van der Waals surface area contributed by atoms with Gasteiger partial charge in [-0.05, 0) is 56.1 Å². The van der Waals surface area contributed by atoms with Gasteiger partial charge in [0.25, 0.3) is 5.91 Å². The Morgan fingerprint density at radius 1 is 1.04 bits per heavy atom. The van der Waals surface area contributed by atoms with Crippen LogP contribution in [-0.4, -0.2) is 50.1 Å². The molecule has 144 valence electrons. The standard InChI is InChI=1S/C22H28FN3O/c1-18-9-10-19(23)17-21(18)22(27)24-11-5-6-12-25-13-15-26(16-14-25)20-7-3-2-4-8-20/h2-4,7-10,17H,5-6,11-16H2,1H3,(H,24,27). The summed E-state index contributed by atoms with van der Waals surface area (Å²) >= 11 is 0. The van der Waals surface area contributed by atoms with E-state index in [0.29, 0.717) is 12.1 Å². The van der Waals surface area contributed by atoms with Gasteiger partial charge >= 0.3 is 0 Å². The fourth-order valence-corrected chi connectivity index (χ4v) is 3.46. The Hall–Kier alpha value is -2.40. The summed E-state index contributed by atoms with van der Waals surface area (Å²) in [5, 5.41) is 2.90. The zero-order valence-electron chi connectivity index (χ0n) is 16.0. The fraction of sp³-hybridized carbons (Fsp3) is 0.409. The number of carbonyl (C=O) groups is 1. The van der Waals surface area contributed by atoms with Crippen LogP contribution in [0.1, 0.15) is 28.8 Å². The van der Waals surface area contributed by atoms with Crippen molar-refractivity contribution in [3.05, 3.63) is 65.5 Å². The van der Waals surface area contributed by atoms with E-state index in [1.54, 1.807) is 6.07 Å². The highest BCUT2D eigenvalue weighted by Crippen LogP contribution is 2.15. The van der Waals surface area contributed by atoms with Crippen LogP contribution in [-0.2, 0) is 0 Å². The van der Waals surface area contributed by atoms with Gasteiger partial charge in [0.1, 0.15) is 5.82 Å². The second-order valence-corrected chi connectivity index (χ2v) is 7.09. The topological polar surface area (TPSA) is 35.6 Å². The van der Waals surface area contributed by atoms with Crippen LogP contribution in [0.2, 0.25) is 0 Å². The number of unbranched alkanes of at least 4 members (excludes halogenated alkanes) is 1. The summed E-state index contributed by atoms with van der Waals surface area (Å²) in [7, 11) is 0. The van der Waals surface area contributed by atoms with Crippen LogP contribution in [0, 0.1) is 12.7 Å². The van der Waals surface area contributed by atoms with Crippen molar-refractivity contribution < 1.29 is 9.18 Å². The molecule has 0 spiro atoms. The molecule has 0 bridgehead atoms. The molecular weight excluding hydrogens is 341 g/mol. The predicted molar refractivity (Wildman–Crippen MR) is 108 cm³/mol. The third-order valence-electron chi connectivity index (χ3n) is 5.12. The maximum atomic E-state index is 13.3. The van der Waals surface area contributed by atoms with Crippen LogP contribution in [0.25, 0.3) is 0 Å². The molecule has 0 radical (unpaired) electrons. The first-order valence-corrected chi connectivity index (χ1v) is 9.70. The number of rotatable bonds is 7. The van der Waals surface area contributed by atoms with Gasteiger partial charge in [-0.15, -0.1) is 0 Å². The molecule has 2 aromatic carbocycles. The highest BCUT2D eigenvalue weighted by atomic mass is 19.1. The van der Waals surface area contributed by atoms with Crippen LogP contribution in [0.15, 0.2) is 48.5 Å². The van der Waals surface area contributed by atoms with Crippen LogP contribution < -0.4 is 10.2 Å². The van der Waals surface area contributed by atoms with Crippen LogP contribution in [0.5, 0.6) is 0 Å². The molecular formula is C22H28FN3O. The molecule has 0 aromatic heterocycles. The molecule has 1 amide bonds. The third kappa shape index (κ3) is 5.54. The lowest BCUT2D eigenvalue weighted by Crippen LogP contribution is -2.46. The summed E-state index contributed by atoms with van der Waals surface area (Å²) in [6, 6.07) is 14.9. The second-order valence-electron chi connectivity index (χ2n) is 7.09. The van der Waals surface area contributed by atoms with E-state index >= 15 is 0 Å². The number of piperazine rings is 1. The lowest BCUT2D eigenvalue weighted by Gasteiger charge is -2.36. The normalized spacial score (nSPS) is 15.0. The lowest BCUT2D eigenvalue weighted by molar-refractivity contribution is 0.0951. The van der Waals surface area contributed by atoms with Crippen molar-refractivity contribution in [3.63, 3.8) is 0 Å². The molecule has 1 aliphatic heterocycles. The van der Waals surface area contributed by atoms with Gasteiger partial charge in [-0.3, -0.25) is 9.69 Å². The SMILES string of the molecule is Cc1ccc(F)cc1C(=O)NCCCCN1CCN(c2ccccc2)CC1. The first kappa shape index (κ1) is 19.4. The van der Waals surface area contributed by atoms with E-state index in [0.717, 1.165) is 51.1 Å². The average molecular weight is 369 g/mol. The van der Waals surface area contributed by atoms with Crippen LogP contribution >= 0.6 is 0 Å². The molecule has 0 atom stereocenters. The first-order valence-electron chi connectivity index (χ1n) is 9.70. The van der Waals surface area contributed by atoms with Gasteiger partial charge in [0.05, 0.1) is 0 Å². The highest BCUT2D eigenvalue weighted by Gasteiger charge is 2.16. The molecule has 1 aliphatic rings. The first-order chi connectivity index (χ1) is 13.1. The van der Waals surface area contributed by atoms with Gasteiger partial charge in [0, 0.05) is 44.0 Å². The number of amides is 1. The quantitative estimate of drug-likeness (QED) is 0.759. The minimum atomic E-state index is -0.375. The molecule has 1 N–H and O–H groups in total. The molecule has 0 aliphatic carbocycles. The number of halogens is 1. The van der Waals surface area contributed by atoms with E-state index < -0.39 is 0 Å². The smallest absolute Gasteiger partial charge is 0.251 e. The van der Waals surface area contributed by atoms with Gasteiger partial charge in [-0.1, -0.05) is 24.3 Å². The van der Waals surface area contributed by atoms with Crippen molar-refractivity contribution in [2.75, 3.05) is 44.2 Å². The Kier molecular flexibility index (Phi) is 6.82. The zero-order valence-corrected chi connectivity index (χ0v) is 16.0. The summed E-state index contributed by atoms with van der Waals surface area (Å²) in [4.78, 5) is 17.1. The van der Waals surface area contributed by atoms with Crippen molar-refractivity contribution in [2.24, 2.45) is 0 Å². The van der Waals surface area contributed by atoms with Crippen molar-refractivity contribution in [1.82, 2.24) is 10.2 Å². The monoisotopic (exact) mass is 369 g/mol. The van der Waals surface area contributed by atoms with Gasteiger partial charge in [-0.2, -0.15) is 0 Å². The number of benzene rings is 2. The number of nitrogens with zero attached hydrogens (tertiary/aromatic N) is 2. The number of anilines is 1. The fourth-order valence-electron chi connectivity index (χ4n) is 3.46. The molecule has 1 saturated heterocycles. The highest BCUT2D eigenvalue weighted by molar-refractivity contribution is 5.95. The van der Waals surface area contributed by atoms with E-state index in [4.69, 9.17) is 0 Å². The van der Waals surface area contributed by atoms with Gasteiger partial charge in [0.2, 0.25) is 0 Å². The van der Waals surface area contributed by atoms with E-state index in [9.17, 15) is 9.18 Å². The van der Waals surface area contributed by atoms with Gasteiger partial charge < -0.3 is 10.2 Å². The number of carbonyl (C=O) groups excluding carboxylic acids is 1. The Morgan fingerprint density at radius 2 is 1.78 bits per heavy atom. The molecule has 5 heteroatoms. The number of aryl methyl sites for hydroxylation is 1. The van der Waals surface area contributed by atoms with Gasteiger partial charge in [0.15, 0.2) is 0 Å². The summed E-state index contributed by atoms with van der Waals surface area (Å²) in [6.45, 7) is 7.76. The summed E-state index contributed by atoms with van der Waals surface area (Å²) in [5.74, 6) is -0.566. The average Bonchev–Trinajstić information content (AvgIpc) is 2.70. The molecule has 0 saturated carbocycles. The van der Waals surface area contributed by atoms with E-state index in [1.165, 1.54) is 17.8 Å². The molecule has 27 heavy (non-hydrogen) atoms. The molecule has 3 rings (SSSR count). The minimum absolute atomic E-state index is 0.191. The Labute approximate surface area is 161 Å². The summed E-state index contributed by atoms with van der Waals surface area (Å²) < 4.78 is 13.3. The number of hydrogen-bond acceptors (Lipinski definition) is 3. The van der Waals surface area contributed by atoms with Crippen molar-refractivity contribution >= 4 is 11.6 Å². The predicted octanol–water partition coefficient (Wildman–Crippen LogP) is 3.47. The zero-order chi connectivity index (χ0) is 19.1. The molecule has 1 fully saturated rings. The van der Waals surface area contributed by atoms with E-state index in [1.807, 2.05) is 13.0 Å². The maximum Gasteiger partial charge on any atom is 0.251 e. The second kappa shape index (κ2) is 9.51.